The Morgan fingerprint density at radius 3 is 2.29 bits per heavy atom. The minimum atomic E-state index is -1.03. The fourth-order valence-electron chi connectivity index (χ4n) is 6.30. The van der Waals surface area contributed by atoms with Crippen LogP contribution in [-0.4, -0.2) is 83.1 Å². The molecule has 0 aliphatic carbocycles. The van der Waals surface area contributed by atoms with Crippen molar-refractivity contribution in [2.75, 3.05) is 32.8 Å². The van der Waals surface area contributed by atoms with Crippen LogP contribution < -0.4 is 20.8 Å². The highest BCUT2D eigenvalue weighted by molar-refractivity contribution is 5.91. The second kappa shape index (κ2) is 20.8. The van der Waals surface area contributed by atoms with Crippen molar-refractivity contribution < 1.29 is 28.6 Å². The molecule has 0 radical (unpaired) electrons. The molecule has 1 unspecified atom stereocenters. The first kappa shape index (κ1) is 43.1. The standard InChI is InChI=1S/C43H55N7O6/c1-8-23-50(47-42(53)45-26-32-15-12-11-13-16-32)29-38(51)46-37(24-31-19-21-35(22-20-31)56-43(4,5)6)41(52)49(30-39(54-9-2)55-10-3)28-33-17-14-18-36-34(25-44)27-48(7)40(33)36/h8,11-22,27,37,39H,1,9-10,23-24,26,28-30H2,2-7H3,(H,46,51)(H2,45,47,53). The highest BCUT2D eigenvalue weighted by Gasteiger charge is 2.30. The lowest BCUT2D eigenvalue weighted by Gasteiger charge is -2.32. The number of aromatic nitrogens is 1. The number of hydrogen-bond acceptors (Lipinski definition) is 8. The van der Waals surface area contributed by atoms with Crippen molar-refractivity contribution >= 4 is 28.7 Å². The first-order valence-electron chi connectivity index (χ1n) is 18.8. The van der Waals surface area contributed by atoms with Crippen LogP contribution in [0.5, 0.6) is 5.75 Å². The van der Waals surface area contributed by atoms with Gasteiger partial charge < -0.3 is 34.3 Å². The van der Waals surface area contributed by atoms with Gasteiger partial charge in [0.25, 0.3) is 0 Å². The summed E-state index contributed by atoms with van der Waals surface area (Å²) in [7, 11) is 1.86. The van der Waals surface area contributed by atoms with Crippen molar-refractivity contribution in [1.29, 1.82) is 5.26 Å². The van der Waals surface area contributed by atoms with Crippen molar-refractivity contribution in [3.8, 4) is 11.8 Å². The molecule has 0 saturated carbocycles. The molecule has 4 rings (SSSR count). The highest BCUT2D eigenvalue weighted by atomic mass is 16.7. The van der Waals surface area contributed by atoms with Gasteiger partial charge in [0.15, 0.2) is 6.29 Å². The second-order valence-electron chi connectivity index (χ2n) is 14.3. The third kappa shape index (κ3) is 13.0. The quantitative estimate of drug-likeness (QED) is 0.0600. The third-order valence-corrected chi connectivity index (χ3v) is 8.61. The maximum Gasteiger partial charge on any atom is 0.329 e. The van der Waals surface area contributed by atoms with Gasteiger partial charge in [0.2, 0.25) is 11.8 Å². The maximum atomic E-state index is 14.9. The second-order valence-corrected chi connectivity index (χ2v) is 14.3. The van der Waals surface area contributed by atoms with Gasteiger partial charge in [-0.05, 0) is 63.4 Å². The molecule has 4 aromatic rings. The Morgan fingerprint density at radius 1 is 0.964 bits per heavy atom. The predicted molar refractivity (Wildman–Crippen MR) is 216 cm³/mol. The first-order valence-corrected chi connectivity index (χ1v) is 18.8. The molecule has 0 spiro atoms. The number of para-hydroxylation sites is 1. The maximum absolute atomic E-state index is 14.9. The lowest BCUT2D eigenvalue weighted by Crippen LogP contribution is -2.55. The zero-order chi connectivity index (χ0) is 40.7. The van der Waals surface area contributed by atoms with Gasteiger partial charge in [-0.15, -0.1) is 6.58 Å². The minimum absolute atomic E-state index is 0.0723. The molecule has 0 aliphatic rings. The number of hydrogen-bond donors (Lipinski definition) is 3. The number of nitriles is 1. The summed E-state index contributed by atoms with van der Waals surface area (Å²) in [5.41, 5.74) is 6.19. The molecule has 56 heavy (non-hydrogen) atoms. The van der Waals surface area contributed by atoms with Crippen LogP contribution in [0.25, 0.3) is 10.9 Å². The summed E-state index contributed by atoms with van der Waals surface area (Å²) in [5, 5.41) is 17.7. The summed E-state index contributed by atoms with van der Waals surface area (Å²) >= 11 is 0. The molecular formula is C43H55N7O6. The van der Waals surface area contributed by atoms with E-state index in [1.165, 1.54) is 5.01 Å². The van der Waals surface area contributed by atoms with E-state index in [2.05, 4.69) is 28.7 Å². The van der Waals surface area contributed by atoms with Crippen LogP contribution in [0.4, 0.5) is 4.79 Å². The largest absolute Gasteiger partial charge is 0.488 e. The number of aryl methyl sites for hydroxylation is 1. The summed E-state index contributed by atoms with van der Waals surface area (Å²) < 4.78 is 19.7. The van der Waals surface area contributed by atoms with E-state index in [9.17, 15) is 19.6 Å². The average Bonchev–Trinajstić information content (AvgIpc) is 3.50. The van der Waals surface area contributed by atoms with Crippen molar-refractivity contribution in [2.24, 2.45) is 7.05 Å². The molecule has 0 fully saturated rings. The van der Waals surface area contributed by atoms with Gasteiger partial charge in [-0.1, -0.05) is 66.7 Å². The molecule has 0 bridgehead atoms. The van der Waals surface area contributed by atoms with E-state index < -0.39 is 29.9 Å². The Hall–Kier alpha value is -5.68. The van der Waals surface area contributed by atoms with Crippen molar-refractivity contribution in [1.82, 2.24) is 30.5 Å². The van der Waals surface area contributed by atoms with Gasteiger partial charge in [0, 0.05) is 57.9 Å². The Kier molecular flexibility index (Phi) is 16.0. The number of ether oxygens (including phenoxy) is 3. The number of amides is 4. The number of benzene rings is 3. The summed E-state index contributed by atoms with van der Waals surface area (Å²) in [4.78, 5) is 43.2. The number of nitrogens with zero attached hydrogens (tertiary/aromatic N) is 4. The predicted octanol–water partition coefficient (Wildman–Crippen LogP) is 5.58. The van der Waals surface area contributed by atoms with Crippen molar-refractivity contribution in [3.63, 3.8) is 0 Å². The van der Waals surface area contributed by atoms with E-state index in [0.717, 1.165) is 27.6 Å². The summed E-state index contributed by atoms with van der Waals surface area (Å²) in [5.74, 6) is -0.181. The third-order valence-electron chi connectivity index (χ3n) is 8.61. The van der Waals surface area contributed by atoms with Gasteiger partial charge in [-0.25, -0.2) is 9.80 Å². The van der Waals surface area contributed by atoms with Gasteiger partial charge in [-0.3, -0.25) is 15.0 Å². The zero-order valence-corrected chi connectivity index (χ0v) is 33.3. The Balaban J connectivity index is 1.64. The number of nitrogens with one attached hydrogen (secondary N) is 3. The molecule has 4 amide bonds. The molecular weight excluding hydrogens is 711 g/mol. The van der Waals surface area contributed by atoms with Gasteiger partial charge in [-0.2, -0.15) is 5.26 Å². The number of carbonyl (C=O) groups excluding carboxylic acids is 3. The first-order chi connectivity index (χ1) is 26.8. The molecule has 13 heteroatoms. The molecule has 3 aromatic carbocycles. The SMILES string of the molecule is C=CCN(CC(=O)NC(Cc1ccc(OC(C)(C)C)cc1)C(=O)N(Cc1cccc2c(C#N)cn(C)c12)CC(OCC)OCC)NC(=O)NCc1ccccc1. The van der Waals surface area contributed by atoms with E-state index in [-0.39, 0.29) is 38.5 Å². The van der Waals surface area contributed by atoms with Crippen LogP contribution >= 0.6 is 0 Å². The molecule has 13 nitrogen and oxygen atoms in total. The number of urea groups is 1. The van der Waals surface area contributed by atoms with Gasteiger partial charge in [0.05, 0.1) is 24.2 Å². The van der Waals surface area contributed by atoms with Crippen LogP contribution in [0.3, 0.4) is 0 Å². The van der Waals surface area contributed by atoms with Crippen LogP contribution in [0.15, 0.2) is 91.6 Å². The van der Waals surface area contributed by atoms with Crippen LogP contribution in [0, 0.1) is 11.3 Å². The molecule has 3 N–H and O–H groups in total. The van der Waals surface area contributed by atoms with E-state index in [4.69, 9.17) is 14.2 Å². The van der Waals surface area contributed by atoms with Crippen LogP contribution in [-0.2, 0) is 45.6 Å². The number of hydrazine groups is 1. The Labute approximate surface area is 330 Å². The van der Waals surface area contributed by atoms with Gasteiger partial charge in [0.1, 0.15) is 23.5 Å². The average molecular weight is 766 g/mol. The molecule has 0 saturated heterocycles. The normalized spacial score (nSPS) is 11.9. The van der Waals surface area contributed by atoms with Crippen LogP contribution in [0.1, 0.15) is 56.9 Å². The molecule has 1 aromatic heterocycles. The Morgan fingerprint density at radius 2 is 1.66 bits per heavy atom. The summed E-state index contributed by atoms with van der Waals surface area (Å²) in [6.07, 6.45) is 2.76. The fourth-order valence-corrected chi connectivity index (χ4v) is 6.30. The van der Waals surface area contributed by atoms with E-state index in [1.54, 1.807) is 17.2 Å². The molecule has 1 atom stereocenters. The van der Waals surface area contributed by atoms with Gasteiger partial charge >= 0.3 is 6.03 Å². The summed E-state index contributed by atoms with van der Waals surface area (Å²) in [6, 6.07) is 23.3. The van der Waals surface area contributed by atoms with E-state index in [0.29, 0.717) is 31.1 Å². The van der Waals surface area contributed by atoms with Crippen molar-refractivity contribution in [2.45, 2.75) is 72.1 Å². The molecule has 298 valence electrons. The lowest BCUT2D eigenvalue weighted by molar-refractivity contribution is -0.161. The zero-order valence-electron chi connectivity index (χ0n) is 33.3. The highest BCUT2D eigenvalue weighted by Crippen LogP contribution is 2.26. The monoisotopic (exact) mass is 765 g/mol. The van der Waals surface area contributed by atoms with Crippen LogP contribution in [0.2, 0.25) is 0 Å². The lowest BCUT2D eigenvalue weighted by atomic mass is 10.0. The number of rotatable bonds is 20. The molecule has 0 aliphatic heterocycles. The molecule has 1 heterocycles. The number of fused-ring (bicyclic) bond motifs is 1. The minimum Gasteiger partial charge on any atom is -0.488 e. The smallest absolute Gasteiger partial charge is 0.329 e. The summed E-state index contributed by atoms with van der Waals surface area (Å²) in [6.45, 7) is 14.5. The topological polar surface area (TPSA) is 150 Å². The van der Waals surface area contributed by atoms with E-state index >= 15 is 0 Å². The van der Waals surface area contributed by atoms with E-state index in [1.807, 2.05) is 119 Å². The van der Waals surface area contributed by atoms with Crippen molar-refractivity contribution in [3.05, 3.63) is 114 Å². The fraction of sp³-hybridized carbons (Fsp3) is 0.395. The number of carbonyl (C=O) groups is 3. The Bertz CT molecular complexity index is 1940.